The van der Waals surface area contributed by atoms with Crippen molar-refractivity contribution in [2.24, 2.45) is 0 Å². The van der Waals surface area contributed by atoms with Crippen molar-refractivity contribution in [1.82, 2.24) is 0 Å². The number of halogens is 1. The van der Waals surface area contributed by atoms with Gasteiger partial charge in [-0.15, -0.1) is 0 Å². The number of carboxylic acid groups (broad SMARTS) is 1. The molecule has 0 saturated carbocycles. The van der Waals surface area contributed by atoms with E-state index in [-0.39, 0.29) is 18.7 Å². The fourth-order valence-electron chi connectivity index (χ4n) is 2.90. The van der Waals surface area contributed by atoms with E-state index in [1.54, 1.807) is 19.1 Å². The smallest absolute Gasteiger partial charge is 0.415 e. The molecule has 1 atom stereocenters. The van der Waals surface area contributed by atoms with Gasteiger partial charge in [0.15, 0.2) is 0 Å². The second-order valence-electron chi connectivity index (χ2n) is 5.69. The molecule has 24 heavy (non-hydrogen) atoms. The van der Waals surface area contributed by atoms with Gasteiger partial charge in [-0.2, -0.15) is 0 Å². The van der Waals surface area contributed by atoms with Gasteiger partial charge in [0.05, 0.1) is 5.69 Å². The number of nitrogens with zero attached hydrogens (tertiary/aromatic N) is 1. The van der Waals surface area contributed by atoms with Crippen molar-refractivity contribution in [3.05, 3.63) is 65.0 Å². The third-order valence-corrected chi connectivity index (χ3v) is 4.07. The molecule has 1 N–H and O–H groups in total. The van der Waals surface area contributed by atoms with Crippen LogP contribution in [-0.4, -0.2) is 23.2 Å². The van der Waals surface area contributed by atoms with Crippen molar-refractivity contribution >= 4 is 17.7 Å². The van der Waals surface area contributed by atoms with E-state index in [2.05, 4.69) is 0 Å². The second-order valence-corrected chi connectivity index (χ2v) is 5.69. The van der Waals surface area contributed by atoms with Gasteiger partial charge in [0.25, 0.3) is 0 Å². The Hall–Kier alpha value is -2.89. The molecule has 0 saturated heterocycles. The van der Waals surface area contributed by atoms with E-state index < -0.39 is 23.9 Å². The molecular formula is C18H16FNO4. The number of fused-ring (bicyclic) bond motifs is 1. The normalized spacial score (nSPS) is 15.9. The third-order valence-electron chi connectivity index (χ3n) is 4.07. The highest BCUT2D eigenvalue weighted by atomic mass is 19.1. The van der Waals surface area contributed by atoms with Crippen LogP contribution in [0, 0.1) is 12.7 Å². The Morgan fingerprint density at radius 1 is 1.29 bits per heavy atom. The van der Waals surface area contributed by atoms with Crippen molar-refractivity contribution < 1.29 is 23.8 Å². The Labute approximate surface area is 138 Å². The molecule has 0 spiro atoms. The zero-order valence-electron chi connectivity index (χ0n) is 13.0. The summed E-state index contributed by atoms with van der Waals surface area (Å²) < 4.78 is 18.9. The Bertz CT molecular complexity index is 791. The van der Waals surface area contributed by atoms with Crippen molar-refractivity contribution in [2.45, 2.75) is 26.0 Å². The summed E-state index contributed by atoms with van der Waals surface area (Å²) in [5.74, 6) is -1.67. The van der Waals surface area contributed by atoms with Crippen LogP contribution >= 0.6 is 0 Å². The highest BCUT2D eigenvalue weighted by molar-refractivity contribution is 5.98. The number of ether oxygens (including phenoxy) is 1. The maximum absolute atomic E-state index is 13.7. The average molecular weight is 329 g/mol. The van der Waals surface area contributed by atoms with Crippen LogP contribution in [0.3, 0.4) is 0 Å². The fourth-order valence-corrected chi connectivity index (χ4v) is 2.90. The zero-order valence-corrected chi connectivity index (χ0v) is 13.0. The van der Waals surface area contributed by atoms with Gasteiger partial charge in [0.2, 0.25) is 0 Å². The van der Waals surface area contributed by atoms with E-state index in [0.29, 0.717) is 11.1 Å². The minimum atomic E-state index is -1.15. The Morgan fingerprint density at radius 3 is 2.67 bits per heavy atom. The number of rotatable bonds is 3. The standard InChI is InChI=1S/C18H16FNO4/c1-11-7-13(19)8-15-14(11)9-16(17(21)22)20(15)18(23)24-10-12-5-3-2-4-6-12/h2-8,16H,9-10H2,1H3,(H,21,22)/t16-/m1/s1. The molecule has 1 aliphatic heterocycles. The lowest BCUT2D eigenvalue weighted by atomic mass is 10.0. The van der Waals surface area contributed by atoms with Crippen LogP contribution in [0.15, 0.2) is 42.5 Å². The van der Waals surface area contributed by atoms with Crippen LogP contribution in [0.1, 0.15) is 16.7 Å². The number of hydrogen-bond donors (Lipinski definition) is 1. The van der Waals surface area contributed by atoms with Gasteiger partial charge in [-0.3, -0.25) is 4.90 Å². The number of benzene rings is 2. The number of aryl methyl sites for hydroxylation is 1. The van der Waals surface area contributed by atoms with Crippen LogP contribution in [0.5, 0.6) is 0 Å². The monoisotopic (exact) mass is 329 g/mol. The van der Waals surface area contributed by atoms with Gasteiger partial charge in [0.1, 0.15) is 18.5 Å². The van der Waals surface area contributed by atoms with Crippen molar-refractivity contribution in [1.29, 1.82) is 0 Å². The van der Waals surface area contributed by atoms with Gasteiger partial charge >= 0.3 is 12.1 Å². The number of carboxylic acids is 1. The third kappa shape index (κ3) is 2.95. The first-order valence-corrected chi connectivity index (χ1v) is 7.49. The molecule has 2 aromatic rings. The maximum Gasteiger partial charge on any atom is 0.415 e. The first-order valence-electron chi connectivity index (χ1n) is 7.49. The summed E-state index contributed by atoms with van der Waals surface area (Å²) >= 11 is 0. The quantitative estimate of drug-likeness (QED) is 0.938. The van der Waals surface area contributed by atoms with Crippen LogP contribution in [0.4, 0.5) is 14.9 Å². The van der Waals surface area contributed by atoms with Crippen LogP contribution in [0.2, 0.25) is 0 Å². The lowest BCUT2D eigenvalue weighted by Crippen LogP contribution is -2.43. The summed E-state index contributed by atoms with van der Waals surface area (Å²) in [5, 5.41) is 9.41. The SMILES string of the molecule is Cc1cc(F)cc2c1C[C@H](C(=O)O)N2C(=O)OCc1ccccc1. The molecule has 124 valence electrons. The maximum atomic E-state index is 13.7. The van der Waals surface area contributed by atoms with Gasteiger partial charge in [0, 0.05) is 6.42 Å². The number of amides is 1. The van der Waals surface area contributed by atoms with E-state index in [4.69, 9.17) is 4.74 Å². The fraction of sp³-hybridized carbons (Fsp3) is 0.222. The molecule has 0 unspecified atom stereocenters. The van der Waals surface area contributed by atoms with Crippen molar-refractivity contribution in [2.75, 3.05) is 4.90 Å². The highest BCUT2D eigenvalue weighted by Crippen LogP contribution is 2.36. The van der Waals surface area contributed by atoms with E-state index in [9.17, 15) is 19.1 Å². The van der Waals surface area contributed by atoms with Gasteiger partial charge in [-0.1, -0.05) is 30.3 Å². The van der Waals surface area contributed by atoms with Gasteiger partial charge in [-0.05, 0) is 35.7 Å². The molecule has 1 amide bonds. The van der Waals surface area contributed by atoms with Gasteiger partial charge in [-0.25, -0.2) is 14.0 Å². The van der Waals surface area contributed by atoms with Crippen LogP contribution in [0.25, 0.3) is 0 Å². The molecular weight excluding hydrogens is 313 g/mol. The predicted molar refractivity (Wildman–Crippen MR) is 85.4 cm³/mol. The molecule has 0 radical (unpaired) electrons. The molecule has 0 aromatic heterocycles. The zero-order chi connectivity index (χ0) is 17.3. The summed E-state index contributed by atoms with van der Waals surface area (Å²) in [4.78, 5) is 25.0. The van der Waals surface area contributed by atoms with Crippen LogP contribution in [-0.2, 0) is 22.6 Å². The highest BCUT2D eigenvalue weighted by Gasteiger charge is 2.40. The molecule has 1 aliphatic rings. The molecule has 2 aromatic carbocycles. The molecule has 3 rings (SSSR count). The number of aliphatic carboxylic acids is 1. The Balaban J connectivity index is 1.87. The summed E-state index contributed by atoms with van der Waals surface area (Å²) in [5.41, 5.74) is 2.32. The van der Waals surface area contributed by atoms with Gasteiger partial charge < -0.3 is 9.84 Å². The Kier molecular flexibility index (Phi) is 4.20. The topological polar surface area (TPSA) is 66.8 Å². The molecule has 0 aliphatic carbocycles. The number of carbonyl (C=O) groups is 2. The first kappa shape index (κ1) is 16.0. The average Bonchev–Trinajstić information content (AvgIpc) is 2.93. The summed E-state index contributed by atoms with van der Waals surface area (Å²) in [6.07, 6.45) is -0.660. The molecule has 5 nitrogen and oxygen atoms in total. The minimum absolute atomic E-state index is 0.0200. The number of anilines is 1. The van der Waals surface area contributed by atoms with Crippen molar-refractivity contribution in [3.63, 3.8) is 0 Å². The molecule has 6 heteroatoms. The number of hydrogen-bond acceptors (Lipinski definition) is 3. The van der Waals surface area contributed by atoms with Crippen molar-refractivity contribution in [3.8, 4) is 0 Å². The predicted octanol–water partition coefficient (Wildman–Crippen LogP) is 3.29. The second kappa shape index (κ2) is 6.31. The lowest BCUT2D eigenvalue weighted by molar-refractivity contribution is -0.138. The minimum Gasteiger partial charge on any atom is -0.480 e. The summed E-state index contributed by atoms with van der Waals surface area (Å²) in [7, 11) is 0. The van der Waals surface area contributed by atoms with E-state index in [0.717, 1.165) is 10.5 Å². The van der Waals surface area contributed by atoms with E-state index in [1.807, 2.05) is 18.2 Å². The summed E-state index contributed by atoms with van der Waals surface area (Å²) in [6.45, 7) is 1.71. The Morgan fingerprint density at radius 2 is 2.00 bits per heavy atom. The van der Waals surface area contributed by atoms with E-state index >= 15 is 0 Å². The van der Waals surface area contributed by atoms with Crippen LogP contribution < -0.4 is 4.90 Å². The largest absolute Gasteiger partial charge is 0.480 e. The molecule has 1 heterocycles. The number of carbonyl (C=O) groups excluding carboxylic acids is 1. The molecule has 0 bridgehead atoms. The molecule has 0 fully saturated rings. The first-order chi connectivity index (χ1) is 11.5. The van der Waals surface area contributed by atoms with E-state index in [1.165, 1.54) is 12.1 Å². The lowest BCUT2D eigenvalue weighted by Gasteiger charge is -2.22. The summed E-state index contributed by atoms with van der Waals surface area (Å²) in [6, 6.07) is 10.5.